The number of benzene rings is 2. The van der Waals surface area contributed by atoms with Gasteiger partial charge in [0.05, 0.1) is 6.54 Å². The molecule has 0 heterocycles. The van der Waals surface area contributed by atoms with Gasteiger partial charge >= 0.3 is 0 Å². The number of hydrogen-bond donors (Lipinski definition) is 1. The molecule has 150 valence electrons. The number of ether oxygens (including phenoxy) is 2. The van der Waals surface area contributed by atoms with E-state index in [1.165, 1.54) is 0 Å². The number of halogens is 1. The van der Waals surface area contributed by atoms with Gasteiger partial charge in [-0.2, -0.15) is 0 Å². The molecular weight excluding hydrogens is 396 g/mol. The lowest BCUT2D eigenvalue weighted by Crippen LogP contribution is -2.44. The first-order chi connectivity index (χ1) is 13.5. The summed E-state index contributed by atoms with van der Waals surface area (Å²) < 4.78 is 10.4. The van der Waals surface area contributed by atoms with Crippen molar-refractivity contribution in [3.63, 3.8) is 0 Å². The van der Waals surface area contributed by atoms with Gasteiger partial charge in [0, 0.05) is 32.7 Å². The van der Waals surface area contributed by atoms with Gasteiger partial charge in [0.1, 0.15) is 11.0 Å². The number of nitrogens with zero attached hydrogens (tertiary/aromatic N) is 1. The van der Waals surface area contributed by atoms with E-state index in [4.69, 9.17) is 33.3 Å². The molecule has 0 bridgehead atoms. The molecule has 1 amide bonds. The van der Waals surface area contributed by atoms with Crippen molar-refractivity contribution in [2.24, 2.45) is 0 Å². The van der Waals surface area contributed by atoms with Gasteiger partial charge in [-0.05, 0) is 23.3 Å². The largest absolute Gasteiger partial charge is 0.373 e. The van der Waals surface area contributed by atoms with Crippen molar-refractivity contribution >= 4 is 34.7 Å². The average Bonchev–Trinajstić information content (AvgIpc) is 2.70. The lowest BCUT2D eigenvalue weighted by Gasteiger charge is -2.33. The molecule has 1 unspecified atom stereocenters. The van der Waals surface area contributed by atoms with Crippen LogP contribution in [0.5, 0.6) is 0 Å². The zero-order chi connectivity index (χ0) is 20.5. The molecule has 0 saturated heterocycles. The summed E-state index contributed by atoms with van der Waals surface area (Å²) in [7, 11) is 3.12. The molecule has 2 aromatic rings. The molecular formula is C21H25ClN2O3S. The lowest BCUT2D eigenvalue weighted by molar-refractivity contribution is -0.130. The molecule has 0 aliphatic rings. The highest BCUT2D eigenvalue weighted by Gasteiger charge is 2.27. The predicted molar refractivity (Wildman–Crippen MR) is 115 cm³/mol. The second-order valence-electron chi connectivity index (χ2n) is 6.23. The van der Waals surface area contributed by atoms with Crippen molar-refractivity contribution in [2.75, 3.05) is 20.8 Å². The molecule has 0 aromatic heterocycles. The van der Waals surface area contributed by atoms with Crippen LogP contribution in [0.3, 0.4) is 0 Å². The van der Waals surface area contributed by atoms with Crippen LogP contribution in [0.25, 0.3) is 0 Å². The van der Waals surface area contributed by atoms with E-state index >= 15 is 0 Å². The van der Waals surface area contributed by atoms with Crippen LogP contribution >= 0.6 is 23.8 Å². The summed E-state index contributed by atoms with van der Waals surface area (Å²) >= 11 is 11.7. The average molecular weight is 421 g/mol. The molecule has 2 aromatic carbocycles. The second-order valence-corrected chi connectivity index (χ2v) is 7.11. The molecule has 2 rings (SSSR count). The molecule has 0 saturated carbocycles. The molecule has 0 spiro atoms. The molecule has 28 heavy (non-hydrogen) atoms. The van der Waals surface area contributed by atoms with E-state index in [1.807, 2.05) is 42.5 Å². The number of methoxy groups -OCH3 is 2. The van der Waals surface area contributed by atoms with Crippen LogP contribution in [0.2, 0.25) is 5.02 Å². The number of amides is 1. The van der Waals surface area contributed by atoms with E-state index in [1.54, 1.807) is 38.2 Å². The SMILES string of the molecule is COC(CNC(=S)C(c1ccc(Cl)cc1)N(Cc1ccccc1)C(C)=O)OC. The van der Waals surface area contributed by atoms with Crippen molar-refractivity contribution in [1.29, 1.82) is 0 Å². The number of rotatable bonds is 9. The maximum Gasteiger partial charge on any atom is 0.220 e. The highest BCUT2D eigenvalue weighted by atomic mass is 35.5. The van der Waals surface area contributed by atoms with Gasteiger partial charge in [0.25, 0.3) is 0 Å². The number of nitrogens with one attached hydrogen (secondary N) is 1. The first-order valence-electron chi connectivity index (χ1n) is 8.86. The lowest BCUT2D eigenvalue weighted by atomic mass is 10.0. The fourth-order valence-corrected chi connectivity index (χ4v) is 3.30. The smallest absolute Gasteiger partial charge is 0.220 e. The Balaban J connectivity index is 2.32. The third-order valence-electron chi connectivity index (χ3n) is 4.31. The van der Waals surface area contributed by atoms with E-state index in [-0.39, 0.29) is 5.91 Å². The standard InChI is InChI=1S/C21H25ClN2O3S/c1-15(25)24(14-16-7-5-4-6-8-16)20(17-9-11-18(22)12-10-17)21(28)23-13-19(26-2)27-3/h4-12,19-20H,13-14H2,1-3H3,(H,23,28). The van der Waals surface area contributed by atoms with Crippen molar-refractivity contribution in [1.82, 2.24) is 10.2 Å². The molecule has 1 atom stereocenters. The minimum absolute atomic E-state index is 0.0806. The van der Waals surface area contributed by atoms with E-state index in [9.17, 15) is 4.79 Å². The fraction of sp³-hybridized carbons (Fsp3) is 0.333. The number of hydrogen-bond acceptors (Lipinski definition) is 4. The summed E-state index contributed by atoms with van der Waals surface area (Å²) in [5.74, 6) is -0.0806. The Bertz CT molecular complexity index is 767. The van der Waals surface area contributed by atoms with Crippen LogP contribution in [-0.4, -0.2) is 42.8 Å². The van der Waals surface area contributed by atoms with Gasteiger partial charge in [-0.1, -0.05) is 66.3 Å². The minimum Gasteiger partial charge on any atom is -0.373 e. The van der Waals surface area contributed by atoms with E-state index < -0.39 is 12.3 Å². The molecule has 1 N–H and O–H groups in total. The summed E-state index contributed by atoms with van der Waals surface area (Å²) in [6, 6.07) is 16.7. The van der Waals surface area contributed by atoms with Crippen LogP contribution in [0.15, 0.2) is 54.6 Å². The Kier molecular flexibility index (Phi) is 8.86. The molecule has 0 radical (unpaired) electrons. The van der Waals surface area contributed by atoms with Crippen molar-refractivity contribution < 1.29 is 14.3 Å². The van der Waals surface area contributed by atoms with Crippen molar-refractivity contribution in [2.45, 2.75) is 25.8 Å². The summed E-state index contributed by atoms with van der Waals surface area (Å²) in [5, 5.41) is 3.80. The van der Waals surface area contributed by atoms with Crippen LogP contribution in [0.1, 0.15) is 24.1 Å². The monoisotopic (exact) mass is 420 g/mol. The summed E-state index contributed by atoms with van der Waals surface area (Å²) in [5.41, 5.74) is 1.89. The van der Waals surface area contributed by atoms with E-state index in [0.717, 1.165) is 11.1 Å². The first kappa shape index (κ1) is 22.3. The third kappa shape index (κ3) is 6.27. The van der Waals surface area contributed by atoms with Crippen molar-refractivity contribution in [3.8, 4) is 0 Å². The van der Waals surface area contributed by atoms with E-state index in [2.05, 4.69) is 5.32 Å². The van der Waals surface area contributed by atoms with Gasteiger partial charge in [-0.3, -0.25) is 4.79 Å². The topological polar surface area (TPSA) is 50.8 Å². The number of thiocarbonyl (C=S) groups is 1. The normalized spacial score (nSPS) is 11.9. The Labute approximate surface area is 176 Å². The number of carbonyl (C=O) groups excluding carboxylic acids is 1. The Morgan fingerprint density at radius 1 is 1.11 bits per heavy atom. The fourth-order valence-electron chi connectivity index (χ4n) is 2.83. The Hall–Kier alpha value is -1.99. The van der Waals surface area contributed by atoms with Gasteiger partial charge in [-0.15, -0.1) is 0 Å². The highest BCUT2D eigenvalue weighted by molar-refractivity contribution is 7.80. The van der Waals surface area contributed by atoms with Crippen LogP contribution in [0.4, 0.5) is 0 Å². The van der Waals surface area contributed by atoms with Gasteiger partial charge in [-0.25, -0.2) is 0 Å². The quantitative estimate of drug-likeness (QED) is 0.491. The summed E-state index contributed by atoms with van der Waals surface area (Å²) in [4.78, 5) is 14.8. The molecule has 5 nitrogen and oxygen atoms in total. The Morgan fingerprint density at radius 3 is 2.25 bits per heavy atom. The van der Waals surface area contributed by atoms with Crippen LogP contribution in [0, 0.1) is 0 Å². The Morgan fingerprint density at radius 2 is 1.71 bits per heavy atom. The zero-order valence-corrected chi connectivity index (χ0v) is 17.8. The molecule has 0 fully saturated rings. The number of carbonyl (C=O) groups is 1. The maximum absolute atomic E-state index is 12.5. The van der Waals surface area contributed by atoms with Crippen LogP contribution < -0.4 is 5.32 Å². The first-order valence-corrected chi connectivity index (χ1v) is 9.64. The predicted octanol–water partition coefficient (Wildman–Crippen LogP) is 3.97. The van der Waals surface area contributed by atoms with Crippen LogP contribution in [-0.2, 0) is 20.8 Å². The highest BCUT2D eigenvalue weighted by Crippen LogP contribution is 2.26. The van der Waals surface area contributed by atoms with Gasteiger partial charge in [0.2, 0.25) is 5.91 Å². The van der Waals surface area contributed by atoms with Gasteiger partial charge in [0.15, 0.2) is 6.29 Å². The minimum atomic E-state index is -0.445. The van der Waals surface area contributed by atoms with Crippen molar-refractivity contribution in [3.05, 3.63) is 70.7 Å². The van der Waals surface area contributed by atoms with E-state index in [0.29, 0.717) is 23.1 Å². The summed E-state index contributed by atoms with van der Waals surface area (Å²) in [6.45, 7) is 2.35. The summed E-state index contributed by atoms with van der Waals surface area (Å²) in [6.07, 6.45) is -0.441. The third-order valence-corrected chi connectivity index (χ3v) is 4.93. The van der Waals surface area contributed by atoms with Gasteiger partial charge < -0.3 is 19.7 Å². The molecule has 7 heteroatoms. The molecule has 0 aliphatic carbocycles. The zero-order valence-electron chi connectivity index (χ0n) is 16.2. The molecule has 0 aliphatic heterocycles. The second kappa shape index (κ2) is 11.1. The maximum atomic E-state index is 12.5.